The maximum Gasteiger partial charge on any atom is 0.308 e. The molecule has 15 heavy (non-hydrogen) atoms. The molecule has 0 saturated carbocycles. The molecule has 0 saturated heterocycles. The molecule has 0 spiro atoms. The van der Waals surface area contributed by atoms with Crippen LogP contribution < -0.4 is 5.32 Å². The van der Waals surface area contributed by atoms with E-state index < -0.39 is 4.92 Å². The first-order valence-electron chi connectivity index (χ1n) is 4.81. The van der Waals surface area contributed by atoms with Crippen LogP contribution in [0.3, 0.4) is 0 Å². The summed E-state index contributed by atoms with van der Waals surface area (Å²) in [7, 11) is 0. The van der Waals surface area contributed by atoms with Gasteiger partial charge in [0.1, 0.15) is 0 Å². The minimum absolute atomic E-state index is 0.136. The number of nitro groups is 1. The van der Waals surface area contributed by atoms with E-state index in [0.717, 1.165) is 12.8 Å². The Labute approximate surface area is 88.8 Å². The van der Waals surface area contributed by atoms with Gasteiger partial charge in [-0.15, -0.1) is 0 Å². The summed E-state index contributed by atoms with van der Waals surface area (Å²) in [4.78, 5) is 9.70. The Morgan fingerprint density at radius 3 is 2.67 bits per heavy atom. The molecule has 4 heteroatoms. The molecule has 0 bridgehead atoms. The zero-order valence-corrected chi connectivity index (χ0v) is 8.48. The lowest BCUT2D eigenvalue weighted by molar-refractivity contribution is -0.431. The average Bonchev–Trinajstić information content (AvgIpc) is 2.25. The Kier molecular flexibility index (Phi) is 4.34. The maximum absolute atomic E-state index is 10.2. The van der Waals surface area contributed by atoms with Gasteiger partial charge in [-0.05, 0) is 29.9 Å². The van der Waals surface area contributed by atoms with E-state index in [1.54, 1.807) is 0 Å². The molecule has 4 nitrogen and oxygen atoms in total. The molecule has 1 aromatic rings. The lowest BCUT2D eigenvalue weighted by Gasteiger charge is -2.02. The quantitative estimate of drug-likeness (QED) is 0.439. The van der Waals surface area contributed by atoms with Crippen molar-refractivity contribution in [3.63, 3.8) is 0 Å². The molecule has 0 heterocycles. The Hall–Kier alpha value is -1.84. The van der Waals surface area contributed by atoms with Crippen molar-refractivity contribution in [1.29, 1.82) is 0 Å². The maximum atomic E-state index is 10.2. The van der Waals surface area contributed by atoms with Gasteiger partial charge in [0.15, 0.2) is 0 Å². The summed E-state index contributed by atoms with van der Waals surface area (Å²) >= 11 is 0. The summed E-state index contributed by atoms with van der Waals surface area (Å²) in [5.74, 6) is -0.136. The van der Waals surface area contributed by atoms with Crippen molar-refractivity contribution >= 4 is 0 Å². The number of nitrogens with zero attached hydrogens (tertiary/aromatic N) is 1. The van der Waals surface area contributed by atoms with Crippen LogP contribution in [0.25, 0.3) is 0 Å². The van der Waals surface area contributed by atoms with Gasteiger partial charge in [0.25, 0.3) is 0 Å². The third-order valence-corrected chi connectivity index (χ3v) is 2.03. The van der Waals surface area contributed by atoms with Crippen LogP contribution in [0.4, 0.5) is 0 Å². The summed E-state index contributed by atoms with van der Waals surface area (Å²) in [6.45, 7) is 3.87. The highest BCUT2D eigenvalue weighted by molar-refractivity contribution is 5.14. The van der Waals surface area contributed by atoms with Crippen molar-refractivity contribution in [3.8, 4) is 0 Å². The van der Waals surface area contributed by atoms with Crippen LogP contribution in [0.15, 0.2) is 42.7 Å². The van der Waals surface area contributed by atoms with E-state index in [2.05, 4.69) is 11.9 Å². The van der Waals surface area contributed by atoms with Gasteiger partial charge in [-0.25, -0.2) is 0 Å². The normalized spacial score (nSPS) is 9.60. The van der Waals surface area contributed by atoms with Gasteiger partial charge in [-0.1, -0.05) is 30.3 Å². The Balaban J connectivity index is 2.18. The fourth-order valence-corrected chi connectivity index (χ4v) is 1.23. The molecule has 1 rings (SSSR count). The van der Waals surface area contributed by atoms with Crippen molar-refractivity contribution in [3.05, 3.63) is 58.4 Å². The highest BCUT2D eigenvalue weighted by Gasteiger charge is 2.01. The highest BCUT2D eigenvalue weighted by atomic mass is 16.6. The highest BCUT2D eigenvalue weighted by Crippen LogP contribution is 2.01. The van der Waals surface area contributed by atoms with Crippen molar-refractivity contribution in [2.45, 2.75) is 12.8 Å². The summed E-state index contributed by atoms with van der Waals surface area (Å²) in [6, 6.07) is 10.0. The first-order chi connectivity index (χ1) is 7.20. The van der Waals surface area contributed by atoms with Gasteiger partial charge >= 0.3 is 5.82 Å². The third-order valence-electron chi connectivity index (χ3n) is 2.03. The minimum Gasteiger partial charge on any atom is -0.358 e. The molecular formula is C11H14N2O2. The molecule has 0 aliphatic carbocycles. The molecule has 1 N–H and O–H groups in total. The van der Waals surface area contributed by atoms with E-state index in [1.165, 1.54) is 5.56 Å². The lowest BCUT2D eigenvalue weighted by atomic mass is 10.1. The van der Waals surface area contributed by atoms with Crippen molar-refractivity contribution in [1.82, 2.24) is 5.32 Å². The molecule has 1 aromatic carbocycles. The van der Waals surface area contributed by atoms with E-state index >= 15 is 0 Å². The smallest absolute Gasteiger partial charge is 0.308 e. The molecule has 0 aromatic heterocycles. The van der Waals surface area contributed by atoms with Crippen LogP contribution in [-0.4, -0.2) is 11.5 Å². The fourth-order valence-electron chi connectivity index (χ4n) is 1.23. The predicted molar refractivity (Wildman–Crippen MR) is 58.9 cm³/mol. The number of hydrogen-bond donors (Lipinski definition) is 1. The second-order valence-electron chi connectivity index (χ2n) is 3.22. The van der Waals surface area contributed by atoms with Crippen LogP contribution in [0, 0.1) is 10.1 Å². The van der Waals surface area contributed by atoms with Crippen LogP contribution in [0.5, 0.6) is 0 Å². The van der Waals surface area contributed by atoms with Crippen LogP contribution in [0.1, 0.15) is 12.0 Å². The predicted octanol–water partition coefficient (Wildman–Crippen LogP) is 1.96. The van der Waals surface area contributed by atoms with Gasteiger partial charge in [0.05, 0.1) is 6.54 Å². The average molecular weight is 206 g/mol. The number of nitrogens with one attached hydrogen (secondary N) is 1. The molecule has 0 atom stereocenters. The standard InChI is InChI=1S/C11H14N2O2/c1-10(13(14)15)12-9-5-8-11-6-3-2-4-7-11/h2-4,6-7,12H,1,5,8-9H2. The number of rotatable bonds is 6. The SMILES string of the molecule is C=C(NCCCc1ccccc1)[N+](=O)[O-]. The Bertz CT molecular complexity index is 336. The van der Waals surface area contributed by atoms with Gasteiger partial charge in [0, 0.05) is 0 Å². The molecule has 0 aliphatic heterocycles. The van der Waals surface area contributed by atoms with E-state index in [1.807, 2.05) is 30.3 Å². The van der Waals surface area contributed by atoms with E-state index in [-0.39, 0.29) is 5.82 Å². The van der Waals surface area contributed by atoms with Crippen molar-refractivity contribution in [2.75, 3.05) is 6.54 Å². The number of aryl methyl sites for hydroxylation is 1. The van der Waals surface area contributed by atoms with Crippen LogP contribution >= 0.6 is 0 Å². The van der Waals surface area contributed by atoms with Gasteiger partial charge in [0.2, 0.25) is 0 Å². The summed E-state index contributed by atoms with van der Waals surface area (Å²) in [6.07, 6.45) is 1.77. The monoisotopic (exact) mass is 206 g/mol. The summed E-state index contributed by atoms with van der Waals surface area (Å²) < 4.78 is 0. The van der Waals surface area contributed by atoms with E-state index in [9.17, 15) is 10.1 Å². The Morgan fingerprint density at radius 2 is 2.07 bits per heavy atom. The largest absolute Gasteiger partial charge is 0.358 e. The van der Waals surface area contributed by atoms with Gasteiger partial charge in [-0.3, -0.25) is 5.32 Å². The van der Waals surface area contributed by atoms with Crippen LogP contribution in [0.2, 0.25) is 0 Å². The first kappa shape index (κ1) is 11.2. The molecule has 0 aliphatic rings. The zero-order valence-electron chi connectivity index (χ0n) is 8.48. The van der Waals surface area contributed by atoms with Crippen LogP contribution in [-0.2, 0) is 6.42 Å². The first-order valence-corrected chi connectivity index (χ1v) is 4.81. The third kappa shape index (κ3) is 4.26. The molecular weight excluding hydrogens is 192 g/mol. The topological polar surface area (TPSA) is 55.2 Å². The summed E-state index contributed by atoms with van der Waals surface area (Å²) in [5, 5.41) is 12.9. The van der Waals surface area contributed by atoms with Gasteiger partial charge in [-0.2, -0.15) is 0 Å². The van der Waals surface area contributed by atoms with Gasteiger partial charge < -0.3 is 10.1 Å². The molecule has 80 valence electrons. The molecule has 0 fully saturated rings. The molecule has 0 amide bonds. The fraction of sp³-hybridized carbons (Fsp3) is 0.273. The molecule has 0 radical (unpaired) electrons. The zero-order chi connectivity index (χ0) is 11.1. The minimum atomic E-state index is -0.511. The van der Waals surface area contributed by atoms with E-state index in [4.69, 9.17) is 0 Å². The lowest BCUT2D eigenvalue weighted by Crippen LogP contribution is -2.20. The number of benzene rings is 1. The summed E-state index contributed by atoms with van der Waals surface area (Å²) in [5.41, 5.74) is 1.24. The van der Waals surface area contributed by atoms with Crippen molar-refractivity contribution in [2.24, 2.45) is 0 Å². The Morgan fingerprint density at radius 1 is 1.40 bits per heavy atom. The molecule has 0 unspecified atom stereocenters. The second-order valence-corrected chi connectivity index (χ2v) is 3.22. The number of hydrogen-bond acceptors (Lipinski definition) is 3. The van der Waals surface area contributed by atoms with Crippen molar-refractivity contribution < 1.29 is 4.92 Å². The second kappa shape index (κ2) is 5.80. The van der Waals surface area contributed by atoms with E-state index in [0.29, 0.717) is 6.54 Å².